The lowest BCUT2D eigenvalue weighted by Crippen LogP contribution is -2.28. The molecule has 3 aromatic heterocycles. The van der Waals surface area contributed by atoms with Crippen molar-refractivity contribution in [2.75, 3.05) is 16.4 Å². The summed E-state index contributed by atoms with van der Waals surface area (Å²) in [5.74, 6) is -0.573. The number of nitrogens with two attached hydrogens (primary N) is 2. The third kappa shape index (κ3) is 6.44. The first-order chi connectivity index (χ1) is 19.4. The predicted octanol–water partition coefficient (Wildman–Crippen LogP) is 6.18. The van der Waals surface area contributed by atoms with Crippen LogP contribution in [0.1, 0.15) is 78.6 Å². The first-order valence-corrected chi connectivity index (χ1v) is 13.6. The molecular formula is C29H30Cl2N8O2. The molecule has 1 unspecified atom stereocenters. The quantitative estimate of drug-likeness (QED) is 0.228. The molecule has 1 atom stereocenters. The van der Waals surface area contributed by atoms with Crippen molar-refractivity contribution in [1.82, 2.24) is 24.9 Å². The molecule has 0 spiro atoms. The van der Waals surface area contributed by atoms with Crippen LogP contribution in [0.2, 0.25) is 10.0 Å². The molecule has 0 radical (unpaired) electrons. The first kappa shape index (κ1) is 29.8. The Kier molecular flexibility index (Phi) is 8.84. The van der Waals surface area contributed by atoms with Gasteiger partial charge in [-0.25, -0.2) is 24.9 Å². The molecule has 4 aromatic rings. The maximum atomic E-state index is 13.8. The molecular weight excluding hydrogens is 563 g/mol. The fraction of sp³-hybridized carbons (Fsp3) is 0.276. The highest BCUT2D eigenvalue weighted by Crippen LogP contribution is 2.33. The van der Waals surface area contributed by atoms with Gasteiger partial charge in [0.1, 0.15) is 45.8 Å². The van der Waals surface area contributed by atoms with E-state index in [1.807, 2.05) is 37.3 Å². The fourth-order valence-corrected chi connectivity index (χ4v) is 4.65. The van der Waals surface area contributed by atoms with Gasteiger partial charge in [-0.15, -0.1) is 0 Å². The summed E-state index contributed by atoms with van der Waals surface area (Å²) in [5, 5.41) is -0.00418. The van der Waals surface area contributed by atoms with E-state index < -0.39 is 5.91 Å². The molecule has 0 saturated carbocycles. The van der Waals surface area contributed by atoms with E-state index in [2.05, 4.69) is 45.7 Å². The van der Waals surface area contributed by atoms with Crippen LogP contribution >= 0.6 is 23.2 Å². The van der Waals surface area contributed by atoms with Gasteiger partial charge in [-0.3, -0.25) is 14.5 Å². The smallest absolute Gasteiger partial charge is 0.284 e. The summed E-state index contributed by atoms with van der Waals surface area (Å²) in [6.45, 7) is 8.29. The van der Waals surface area contributed by atoms with E-state index >= 15 is 0 Å². The van der Waals surface area contributed by atoms with Gasteiger partial charge in [0.25, 0.3) is 5.91 Å². The highest BCUT2D eigenvalue weighted by atomic mass is 35.5. The van der Waals surface area contributed by atoms with Gasteiger partial charge >= 0.3 is 0 Å². The molecule has 10 nitrogen and oxygen atoms in total. The third-order valence-electron chi connectivity index (χ3n) is 6.69. The van der Waals surface area contributed by atoms with Crippen LogP contribution in [0.3, 0.4) is 0 Å². The van der Waals surface area contributed by atoms with Gasteiger partial charge in [0, 0.05) is 12.6 Å². The molecule has 0 saturated heterocycles. The summed E-state index contributed by atoms with van der Waals surface area (Å²) >= 11 is 12.5. The lowest BCUT2D eigenvalue weighted by molar-refractivity contribution is 0.0966. The largest absolute Gasteiger partial charge is 0.382 e. The molecule has 1 amide bonds. The monoisotopic (exact) mass is 592 g/mol. The molecule has 0 aliphatic heterocycles. The fourth-order valence-electron chi connectivity index (χ4n) is 4.27. The Morgan fingerprint density at radius 3 is 1.98 bits per heavy atom. The molecule has 212 valence electrons. The lowest BCUT2D eigenvalue weighted by atomic mass is 9.87. The lowest BCUT2D eigenvalue weighted by Gasteiger charge is -2.25. The van der Waals surface area contributed by atoms with E-state index in [4.69, 9.17) is 34.7 Å². The topological polar surface area (TPSA) is 154 Å². The van der Waals surface area contributed by atoms with Crippen molar-refractivity contribution in [2.24, 2.45) is 0 Å². The van der Waals surface area contributed by atoms with Crippen LogP contribution in [0, 0.1) is 0 Å². The second-order valence-corrected chi connectivity index (χ2v) is 11.2. The number of halogens is 2. The minimum absolute atomic E-state index is 0.00245. The number of nitrogens with zero attached hydrogens (tertiary/aromatic N) is 6. The van der Waals surface area contributed by atoms with Crippen molar-refractivity contribution in [3.63, 3.8) is 0 Å². The molecule has 0 fully saturated rings. The molecule has 0 aliphatic rings. The van der Waals surface area contributed by atoms with Crippen molar-refractivity contribution in [1.29, 1.82) is 0 Å². The number of amides is 1. The zero-order valence-electron chi connectivity index (χ0n) is 23.1. The minimum Gasteiger partial charge on any atom is -0.382 e. The summed E-state index contributed by atoms with van der Waals surface area (Å²) in [5.41, 5.74) is 14.0. The Labute approximate surface area is 248 Å². The molecule has 3 heterocycles. The number of ketones is 1. The van der Waals surface area contributed by atoms with Crippen LogP contribution in [0.15, 0.2) is 55.2 Å². The van der Waals surface area contributed by atoms with Crippen LogP contribution in [0.4, 0.5) is 23.1 Å². The number of rotatable bonds is 8. The van der Waals surface area contributed by atoms with E-state index in [1.54, 1.807) is 12.3 Å². The van der Waals surface area contributed by atoms with Crippen LogP contribution in [-0.4, -0.2) is 36.6 Å². The molecule has 0 bridgehead atoms. The van der Waals surface area contributed by atoms with Crippen LogP contribution in [0.25, 0.3) is 0 Å². The maximum absolute atomic E-state index is 13.8. The Morgan fingerprint density at radius 2 is 1.44 bits per heavy atom. The zero-order valence-corrected chi connectivity index (χ0v) is 24.6. The Hall–Kier alpha value is -4.15. The van der Waals surface area contributed by atoms with E-state index in [9.17, 15) is 9.59 Å². The van der Waals surface area contributed by atoms with Crippen molar-refractivity contribution in [3.05, 3.63) is 87.8 Å². The van der Waals surface area contributed by atoms with Crippen molar-refractivity contribution < 1.29 is 9.59 Å². The van der Waals surface area contributed by atoms with Gasteiger partial charge < -0.3 is 11.5 Å². The number of pyridine rings is 1. The maximum Gasteiger partial charge on any atom is 0.284 e. The molecule has 4 N–H and O–H groups in total. The van der Waals surface area contributed by atoms with Crippen LogP contribution in [0.5, 0.6) is 0 Å². The number of carbonyl (C=O) groups is 2. The summed E-state index contributed by atoms with van der Waals surface area (Å²) < 4.78 is 0. The highest BCUT2D eigenvalue weighted by molar-refractivity contribution is 6.36. The predicted molar refractivity (Wildman–Crippen MR) is 161 cm³/mol. The Bertz CT molecular complexity index is 1570. The number of hydrogen-bond donors (Lipinski definition) is 2. The second-order valence-electron chi connectivity index (χ2n) is 10.5. The van der Waals surface area contributed by atoms with Crippen molar-refractivity contribution in [3.8, 4) is 0 Å². The Morgan fingerprint density at radius 1 is 0.854 bits per heavy atom. The number of aromatic nitrogens is 5. The number of hydrogen-bond acceptors (Lipinski definition) is 9. The summed E-state index contributed by atoms with van der Waals surface area (Å²) in [6, 6.07) is 11.2. The van der Waals surface area contributed by atoms with E-state index in [1.165, 1.54) is 17.6 Å². The van der Waals surface area contributed by atoms with Gasteiger partial charge in [-0.1, -0.05) is 69.1 Å². The van der Waals surface area contributed by atoms with Crippen molar-refractivity contribution >= 4 is 58.0 Å². The molecule has 4 rings (SSSR count). The number of carbonyl (C=O) groups excluding carboxylic acids is 2. The highest BCUT2D eigenvalue weighted by Gasteiger charge is 2.27. The average molecular weight is 594 g/mol. The third-order valence-corrected chi connectivity index (χ3v) is 7.44. The summed E-state index contributed by atoms with van der Waals surface area (Å²) in [4.78, 5) is 48.6. The normalized spacial score (nSPS) is 12.1. The first-order valence-electron chi connectivity index (χ1n) is 12.9. The summed E-state index contributed by atoms with van der Waals surface area (Å²) in [6.07, 6.45) is 4.83. The summed E-state index contributed by atoms with van der Waals surface area (Å²) in [7, 11) is 0. The molecule has 1 aromatic carbocycles. The number of benzene rings is 1. The van der Waals surface area contributed by atoms with Gasteiger partial charge in [-0.2, -0.15) is 0 Å². The van der Waals surface area contributed by atoms with Gasteiger partial charge in [0.2, 0.25) is 0 Å². The van der Waals surface area contributed by atoms with Crippen molar-refractivity contribution in [2.45, 2.75) is 51.9 Å². The minimum atomic E-state index is -0.522. The SMILES string of the molecule is CCC(CC(=O)c1ncnc(N)c1Cl)c1ccc(N(C(=O)c2ncnc(N)c2Cl)c2ccc(C(C)(C)C)cc2)nc1. The van der Waals surface area contributed by atoms with E-state index in [0.717, 1.165) is 11.1 Å². The van der Waals surface area contributed by atoms with E-state index in [-0.39, 0.29) is 56.6 Å². The molecule has 12 heteroatoms. The number of nitrogen functional groups attached to an aromatic ring is 2. The van der Waals surface area contributed by atoms with Crippen LogP contribution < -0.4 is 16.4 Å². The van der Waals surface area contributed by atoms with Gasteiger partial charge in [0.05, 0.1) is 5.69 Å². The Balaban J connectivity index is 1.69. The van der Waals surface area contributed by atoms with Crippen LogP contribution in [-0.2, 0) is 5.41 Å². The number of Topliss-reactive ketones (excluding diaryl/α,β-unsaturated/α-hetero) is 1. The van der Waals surface area contributed by atoms with Gasteiger partial charge in [0.15, 0.2) is 11.5 Å². The second kappa shape index (κ2) is 12.2. The zero-order chi connectivity index (χ0) is 29.9. The number of anilines is 4. The van der Waals surface area contributed by atoms with Gasteiger partial charge in [-0.05, 0) is 47.1 Å². The standard InChI is InChI=1S/C29H30Cl2N8O2/c1-5-16(12-20(40)24-22(30)26(32)37-14-35-24)17-6-11-21(34-13-17)39(19-9-7-18(8-10-19)29(2,3)4)28(41)25-23(31)27(33)38-15-36-25/h6-11,13-16H,5,12H2,1-4H3,(H2,32,35,37)(H2,33,36,38). The molecule has 41 heavy (non-hydrogen) atoms. The van der Waals surface area contributed by atoms with E-state index in [0.29, 0.717) is 17.9 Å². The molecule has 0 aliphatic carbocycles. The average Bonchev–Trinajstić information content (AvgIpc) is 2.95.